The van der Waals surface area contributed by atoms with Gasteiger partial charge in [-0.2, -0.15) is 0 Å². The summed E-state index contributed by atoms with van der Waals surface area (Å²) in [4.78, 5) is 0. The molecule has 0 radical (unpaired) electrons. The van der Waals surface area contributed by atoms with E-state index in [2.05, 4.69) is 6.92 Å². The van der Waals surface area contributed by atoms with Crippen molar-refractivity contribution in [2.24, 2.45) is 5.73 Å². The number of hydrogen-bond donors (Lipinski definition) is 1. The Bertz CT molecular complexity index is 341. The highest BCUT2D eigenvalue weighted by Gasteiger charge is 2.05. The number of hydrogen-bond acceptors (Lipinski definition) is 2. The third-order valence-electron chi connectivity index (χ3n) is 3.04. The summed E-state index contributed by atoms with van der Waals surface area (Å²) in [6.45, 7) is 3.40. The summed E-state index contributed by atoms with van der Waals surface area (Å²) in [6, 6.07) is 5.69. The van der Waals surface area contributed by atoms with Crippen LogP contribution >= 0.6 is 11.6 Å². The molecule has 0 heterocycles. The highest BCUT2D eigenvalue weighted by Crippen LogP contribution is 2.26. The molecule has 0 amide bonds. The molecule has 18 heavy (non-hydrogen) atoms. The van der Waals surface area contributed by atoms with Crippen LogP contribution in [-0.4, -0.2) is 6.61 Å². The third kappa shape index (κ3) is 5.28. The van der Waals surface area contributed by atoms with Gasteiger partial charge in [-0.3, -0.25) is 0 Å². The summed E-state index contributed by atoms with van der Waals surface area (Å²) in [5.74, 6) is 0.832. The lowest BCUT2D eigenvalue weighted by molar-refractivity contribution is 0.301. The number of benzene rings is 1. The molecular weight excluding hydrogens is 246 g/mol. The van der Waals surface area contributed by atoms with E-state index in [1.54, 1.807) is 0 Å². The molecule has 2 nitrogen and oxygen atoms in total. The van der Waals surface area contributed by atoms with Gasteiger partial charge in [0.25, 0.3) is 0 Å². The third-order valence-corrected chi connectivity index (χ3v) is 3.39. The molecule has 0 spiro atoms. The molecule has 0 saturated heterocycles. The maximum Gasteiger partial charge on any atom is 0.125 e. The number of rotatable bonds is 9. The van der Waals surface area contributed by atoms with Gasteiger partial charge in [0.1, 0.15) is 5.75 Å². The standard InChI is InChI=1S/C15H24ClNO/c1-2-3-4-5-6-7-11-18-15-10-8-9-14(16)13(15)12-17/h8-10H,2-7,11-12,17H2,1H3. The van der Waals surface area contributed by atoms with Crippen LogP contribution in [0.5, 0.6) is 5.75 Å². The summed E-state index contributed by atoms with van der Waals surface area (Å²) in [7, 11) is 0. The van der Waals surface area contributed by atoms with Crippen molar-refractivity contribution in [2.45, 2.75) is 52.0 Å². The average molecular weight is 270 g/mol. The summed E-state index contributed by atoms with van der Waals surface area (Å²) in [5.41, 5.74) is 6.58. The molecule has 1 rings (SSSR count). The van der Waals surface area contributed by atoms with Gasteiger partial charge >= 0.3 is 0 Å². The molecule has 0 aromatic heterocycles. The molecule has 0 fully saturated rings. The zero-order valence-electron chi connectivity index (χ0n) is 11.3. The molecule has 0 atom stereocenters. The van der Waals surface area contributed by atoms with Crippen molar-refractivity contribution in [2.75, 3.05) is 6.61 Å². The Balaban J connectivity index is 2.25. The lowest BCUT2D eigenvalue weighted by Crippen LogP contribution is -2.04. The van der Waals surface area contributed by atoms with E-state index in [4.69, 9.17) is 22.1 Å². The van der Waals surface area contributed by atoms with Gasteiger partial charge in [-0.25, -0.2) is 0 Å². The quantitative estimate of drug-likeness (QED) is 0.668. The van der Waals surface area contributed by atoms with Crippen molar-refractivity contribution in [3.63, 3.8) is 0 Å². The van der Waals surface area contributed by atoms with E-state index >= 15 is 0 Å². The van der Waals surface area contributed by atoms with Crippen molar-refractivity contribution < 1.29 is 4.74 Å². The molecule has 0 aliphatic heterocycles. The Hall–Kier alpha value is -0.730. The van der Waals surface area contributed by atoms with Crippen molar-refractivity contribution in [1.82, 2.24) is 0 Å². The normalized spacial score (nSPS) is 10.6. The average Bonchev–Trinajstić information content (AvgIpc) is 2.38. The Labute approximate surface area is 115 Å². The minimum absolute atomic E-state index is 0.422. The second-order valence-corrected chi connectivity index (χ2v) is 4.94. The van der Waals surface area contributed by atoms with E-state index in [0.29, 0.717) is 11.6 Å². The summed E-state index contributed by atoms with van der Waals surface area (Å²) in [5, 5.41) is 0.693. The van der Waals surface area contributed by atoms with Gasteiger partial charge in [0.15, 0.2) is 0 Å². The second kappa shape index (κ2) is 9.23. The maximum absolute atomic E-state index is 6.07. The molecule has 0 saturated carbocycles. The fraction of sp³-hybridized carbons (Fsp3) is 0.600. The number of nitrogens with two attached hydrogens (primary N) is 1. The topological polar surface area (TPSA) is 35.2 Å². The monoisotopic (exact) mass is 269 g/mol. The van der Waals surface area contributed by atoms with Gasteiger partial charge in [-0.1, -0.05) is 56.7 Å². The van der Waals surface area contributed by atoms with Crippen molar-refractivity contribution >= 4 is 11.6 Å². The minimum atomic E-state index is 0.422. The highest BCUT2D eigenvalue weighted by molar-refractivity contribution is 6.31. The molecule has 0 unspecified atom stereocenters. The largest absolute Gasteiger partial charge is 0.493 e. The Morgan fingerprint density at radius 1 is 1.11 bits per heavy atom. The van der Waals surface area contributed by atoms with E-state index in [-0.39, 0.29) is 0 Å². The summed E-state index contributed by atoms with van der Waals surface area (Å²) < 4.78 is 5.75. The van der Waals surface area contributed by atoms with Crippen LogP contribution in [0.2, 0.25) is 5.02 Å². The van der Waals surface area contributed by atoms with E-state index < -0.39 is 0 Å². The fourth-order valence-electron chi connectivity index (χ4n) is 1.94. The van der Waals surface area contributed by atoms with Gasteiger partial charge in [0.2, 0.25) is 0 Å². The van der Waals surface area contributed by atoms with Gasteiger partial charge in [0.05, 0.1) is 6.61 Å². The first-order valence-corrected chi connectivity index (χ1v) is 7.27. The number of unbranched alkanes of at least 4 members (excludes halogenated alkanes) is 5. The van der Waals surface area contributed by atoms with Crippen LogP contribution in [0.25, 0.3) is 0 Å². The number of halogens is 1. The first kappa shape index (κ1) is 15.3. The van der Waals surface area contributed by atoms with Crippen LogP contribution in [0.4, 0.5) is 0 Å². The van der Waals surface area contributed by atoms with Gasteiger partial charge in [-0.15, -0.1) is 0 Å². The molecule has 1 aromatic rings. The van der Waals surface area contributed by atoms with Crippen molar-refractivity contribution in [3.8, 4) is 5.75 Å². The summed E-state index contributed by atoms with van der Waals surface area (Å²) >= 11 is 6.07. The summed E-state index contributed by atoms with van der Waals surface area (Å²) in [6.07, 6.45) is 7.60. The first-order chi connectivity index (χ1) is 8.79. The highest BCUT2D eigenvalue weighted by atomic mass is 35.5. The van der Waals surface area contributed by atoms with Crippen molar-refractivity contribution in [1.29, 1.82) is 0 Å². The second-order valence-electron chi connectivity index (χ2n) is 4.54. The molecule has 0 aliphatic rings. The van der Waals surface area contributed by atoms with E-state index in [0.717, 1.165) is 24.3 Å². The molecule has 1 aromatic carbocycles. The molecule has 2 N–H and O–H groups in total. The SMILES string of the molecule is CCCCCCCCOc1cccc(Cl)c1CN. The lowest BCUT2D eigenvalue weighted by Gasteiger charge is -2.11. The maximum atomic E-state index is 6.07. The van der Waals surface area contributed by atoms with E-state index in [1.807, 2.05) is 18.2 Å². The van der Waals surface area contributed by atoms with Crippen LogP contribution in [0.3, 0.4) is 0 Å². The van der Waals surface area contributed by atoms with E-state index in [9.17, 15) is 0 Å². The first-order valence-electron chi connectivity index (χ1n) is 6.89. The Morgan fingerprint density at radius 3 is 2.56 bits per heavy atom. The predicted octanol–water partition coefficient (Wildman–Crippen LogP) is 4.54. The van der Waals surface area contributed by atoms with Gasteiger partial charge in [-0.05, 0) is 18.6 Å². The Morgan fingerprint density at radius 2 is 1.83 bits per heavy atom. The van der Waals surface area contributed by atoms with Gasteiger partial charge < -0.3 is 10.5 Å². The lowest BCUT2D eigenvalue weighted by atomic mass is 10.1. The number of ether oxygens (including phenoxy) is 1. The molecule has 0 aliphatic carbocycles. The predicted molar refractivity (Wildman–Crippen MR) is 78.2 cm³/mol. The molecule has 3 heteroatoms. The zero-order chi connectivity index (χ0) is 13.2. The Kier molecular flexibility index (Phi) is 7.86. The zero-order valence-corrected chi connectivity index (χ0v) is 12.0. The van der Waals surface area contributed by atoms with E-state index in [1.165, 1.54) is 32.1 Å². The van der Waals surface area contributed by atoms with Gasteiger partial charge in [0, 0.05) is 17.1 Å². The van der Waals surface area contributed by atoms with Crippen LogP contribution in [0, 0.1) is 0 Å². The molecule has 0 bridgehead atoms. The minimum Gasteiger partial charge on any atom is -0.493 e. The molecule has 102 valence electrons. The van der Waals surface area contributed by atoms with Crippen LogP contribution < -0.4 is 10.5 Å². The smallest absolute Gasteiger partial charge is 0.125 e. The van der Waals surface area contributed by atoms with Crippen LogP contribution in [-0.2, 0) is 6.54 Å². The van der Waals surface area contributed by atoms with Crippen LogP contribution in [0.15, 0.2) is 18.2 Å². The fourth-order valence-corrected chi connectivity index (χ4v) is 2.18. The van der Waals surface area contributed by atoms with Crippen LogP contribution in [0.1, 0.15) is 51.0 Å². The van der Waals surface area contributed by atoms with Crippen molar-refractivity contribution in [3.05, 3.63) is 28.8 Å². The molecular formula is C15H24ClNO.